The molecule has 1 aliphatic rings. The number of hydrogen-bond acceptors (Lipinski definition) is 3. The summed E-state index contributed by atoms with van der Waals surface area (Å²) in [6, 6.07) is 0. The fourth-order valence-electron chi connectivity index (χ4n) is 1.44. The maximum atomic E-state index is 5.25. The maximum Gasteiger partial charge on any atom is 0.181 e. The smallest absolute Gasteiger partial charge is 0.181 e. The molecule has 66 valence electrons. The van der Waals surface area contributed by atoms with E-state index in [1.54, 1.807) is 0 Å². The quantitative estimate of drug-likeness (QED) is 0.588. The summed E-state index contributed by atoms with van der Waals surface area (Å²) in [6.45, 7) is 8.45. The molecule has 0 aromatic carbocycles. The molecule has 3 heteroatoms. The Morgan fingerprint density at radius 3 is 2.75 bits per heavy atom. The van der Waals surface area contributed by atoms with Gasteiger partial charge >= 0.3 is 0 Å². The third-order valence-electron chi connectivity index (χ3n) is 2.35. The first-order valence-electron chi connectivity index (χ1n) is 4.23. The van der Waals surface area contributed by atoms with E-state index in [0.29, 0.717) is 0 Å². The fraction of sp³-hybridized carbons (Fsp3) is 0.667. The van der Waals surface area contributed by atoms with Gasteiger partial charge in [0.1, 0.15) is 5.76 Å². The highest BCUT2D eigenvalue weighted by molar-refractivity contribution is 5.13. The Labute approximate surface area is 72.4 Å². The third kappa shape index (κ3) is 1.14. The standard InChI is InChI=1S/C9H14N2O/c1-9(2,3)11-4-7-8(5-11)12-6-10-7/h6H,4-5H2,1-3H3. The van der Waals surface area contributed by atoms with Gasteiger partial charge in [0.15, 0.2) is 6.39 Å². The molecule has 0 atom stereocenters. The van der Waals surface area contributed by atoms with Crippen LogP contribution in [-0.4, -0.2) is 15.4 Å². The lowest BCUT2D eigenvalue weighted by molar-refractivity contribution is 0.128. The maximum absolute atomic E-state index is 5.25. The summed E-state index contributed by atoms with van der Waals surface area (Å²) in [5.74, 6) is 1.03. The molecule has 2 heterocycles. The Morgan fingerprint density at radius 2 is 2.17 bits per heavy atom. The summed E-state index contributed by atoms with van der Waals surface area (Å²) in [4.78, 5) is 6.51. The molecule has 0 saturated carbocycles. The van der Waals surface area contributed by atoms with Crippen LogP contribution in [0.4, 0.5) is 0 Å². The molecule has 0 spiro atoms. The molecule has 3 nitrogen and oxygen atoms in total. The van der Waals surface area contributed by atoms with Gasteiger partial charge in [0.25, 0.3) is 0 Å². The molecule has 0 bridgehead atoms. The highest BCUT2D eigenvalue weighted by Crippen LogP contribution is 2.27. The van der Waals surface area contributed by atoms with Gasteiger partial charge in [-0.05, 0) is 20.8 Å². The van der Waals surface area contributed by atoms with Gasteiger partial charge < -0.3 is 4.42 Å². The van der Waals surface area contributed by atoms with Crippen molar-refractivity contribution in [2.75, 3.05) is 0 Å². The first-order valence-corrected chi connectivity index (χ1v) is 4.23. The number of rotatable bonds is 0. The molecule has 0 fully saturated rings. The largest absolute Gasteiger partial charge is 0.447 e. The second kappa shape index (κ2) is 2.33. The van der Waals surface area contributed by atoms with E-state index in [-0.39, 0.29) is 5.54 Å². The van der Waals surface area contributed by atoms with Crippen LogP contribution in [0.5, 0.6) is 0 Å². The lowest BCUT2D eigenvalue weighted by Crippen LogP contribution is -2.37. The van der Waals surface area contributed by atoms with E-state index in [1.807, 2.05) is 0 Å². The molecular weight excluding hydrogens is 152 g/mol. The second-order valence-electron chi connectivity index (χ2n) is 4.25. The predicted octanol–water partition coefficient (Wildman–Crippen LogP) is 1.79. The number of oxazole rings is 1. The van der Waals surface area contributed by atoms with Crippen molar-refractivity contribution in [2.24, 2.45) is 0 Å². The molecule has 1 aromatic heterocycles. The lowest BCUT2D eigenvalue weighted by atomic mass is 10.1. The summed E-state index contributed by atoms with van der Waals surface area (Å²) >= 11 is 0. The summed E-state index contributed by atoms with van der Waals surface area (Å²) in [5.41, 5.74) is 1.31. The van der Waals surface area contributed by atoms with E-state index < -0.39 is 0 Å². The molecule has 0 radical (unpaired) electrons. The Bertz CT molecular complexity index is 264. The summed E-state index contributed by atoms with van der Waals surface area (Å²) in [7, 11) is 0. The van der Waals surface area contributed by atoms with Crippen LogP contribution in [0.1, 0.15) is 32.2 Å². The van der Waals surface area contributed by atoms with Crippen molar-refractivity contribution in [2.45, 2.75) is 39.4 Å². The van der Waals surface area contributed by atoms with Gasteiger partial charge in [-0.3, -0.25) is 4.90 Å². The van der Waals surface area contributed by atoms with E-state index in [1.165, 1.54) is 6.39 Å². The van der Waals surface area contributed by atoms with Crippen molar-refractivity contribution in [3.63, 3.8) is 0 Å². The number of aromatic nitrogens is 1. The van der Waals surface area contributed by atoms with E-state index in [9.17, 15) is 0 Å². The van der Waals surface area contributed by atoms with Gasteiger partial charge in [-0.2, -0.15) is 0 Å². The van der Waals surface area contributed by atoms with Gasteiger partial charge in [-0.25, -0.2) is 4.98 Å². The van der Waals surface area contributed by atoms with Crippen molar-refractivity contribution in [3.05, 3.63) is 17.8 Å². The van der Waals surface area contributed by atoms with E-state index in [2.05, 4.69) is 30.7 Å². The SMILES string of the molecule is CC(C)(C)N1Cc2ncoc2C1. The summed E-state index contributed by atoms with van der Waals surface area (Å²) < 4.78 is 5.25. The molecule has 1 aliphatic heterocycles. The monoisotopic (exact) mass is 166 g/mol. The Hall–Kier alpha value is -0.830. The van der Waals surface area contributed by atoms with Gasteiger partial charge in [0, 0.05) is 12.1 Å². The molecule has 0 N–H and O–H groups in total. The van der Waals surface area contributed by atoms with Crippen LogP contribution in [0.25, 0.3) is 0 Å². The van der Waals surface area contributed by atoms with Crippen molar-refractivity contribution in [1.29, 1.82) is 0 Å². The van der Waals surface area contributed by atoms with Crippen LogP contribution in [0, 0.1) is 0 Å². The molecule has 0 amide bonds. The van der Waals surface area contributed by atoms with Crippen LogP contribution in [-0.2, 0) is 13.1 Å². The number of nitrogens with zero attached hydrogens (tertiary/aromatic N) is 2. The molecule has 0 unspecified atom stereocenters. The van der Waals surface area contributed by atoms with Crippen LogP contribution in [0.3, 0.4) is 0 Å². The first-order chi connectivity index (χ1) is 5.57. The predicted molar refractivity (Wildman–Crippen MR) is 45.5 cm³/mol. The van der Waals surface area contributed by atoms with Crippen LogP contribution in [0.2, 0.25) is 0 Å². The van der Waals surface area contributed by atoms with Crippen molar-refractivity contribution >= 4 is 0 Å². The van der Waals surface area contributed by atoms with Crippen LogP contribution < -0.4 is 0 Å². The zero-order valence-corrected chi connectivity index (χ0v) is 7.79. The van der Waals surface area contributed by atoms with Gasteiger partial charge in [0.2, 0.25) is 0 Å². The zero-order valence-electron chi connectivity index (χ0n) is 7.79. The topological polar surface area (TPSA) is 29.3 Å². The molecule has 2 rings (SSSR count). The minimum Gasteiger partial charge on any atom is -0.447 e. The minimum absolute atomic E-state index is 0.212. The van der Waals surface area contributed by atoms with E-state index in [4.69, 9.17) is 4.42 Å². The van der Waals surface area contributed by atoms with Gasteiger partial charge in [-0.1, -0.05) is 0 Å². The zero-order chi connectivity index (χ0) is 8.77. The minimum atomic E-state index is 0.212. The molecule has 1 aromatic rings. The normalized spacial score (nSPS) is 18.2. The second-order valence-corrected chi connectivity index (χ2v) is 4.25. The van der Waals surface area contributed by atoms with Crippen molar-refractivity contribution in [3.8, 4) is 0 Å². The Morgan fingerprint density at radius 1 is 1.42 bits per heavy atom. The number of fused-ring (bicyclic) bond motifs is 1. The Balaban J connectivity index is 2.18. The molecule has 12 heavy (non-hydrogen) atoms. The molecule has 0 saturated heterocycles. The average Bonchev–Trinajstić information content (AvgIpc) is 2.37. The van der Waals surface area contributed by atoms with Crippen LogP contribution >= 0.6 is 0 Å². The number of hydrogen-bond donors (Lipinski definition) is 0. The highest BCUT2D eigenvalue weighted by atomic mass is 16.3. The summed E-state index contributed by atoms with van der Waals surface area (Å²) in [6.07, 6.45) is 1.53. The highest BCUT2D eigenvalue weighted by Gasteiger charge is 2.30. The van der Waals surface area contributed by atoms with Crippen molar-refractivity contribution in [1.82, 2.24) is 9.88 Å². The van der Waals surface area contributed by atoms with Crippen LogP contribution in [0.15, 0.2) is 10.8 Å². The Kier molecular flexibility index (Phi) is 1.51. The molecule has 0 aliphatic carbocycles. The fourth-order valence-corrected chi connectivity index (χ4v) is 1.44. The summed E-state index contributed by atoms with van der Waals surface area (Å²) in [5, 5.41) is 0. The van der Waals surface area contributed by atoms with E-state index in [0.717, 1.165) is 24.5 Å². The lowest BCUT2D eigenvalue weighted by Gasteiger charge is -2.30. The van der Waals surface area contributed by atoms with E-state index >= 15 is 0 Å². The van der Waals surface area contributed by atoms with Crippen molar-refractivity contribution < 1.29 is 4.42 Å². The van der Waals surface area contributed by atoms with Gasteiger partial charge in [-0.15, -0.1) is 0 Å². The average molecular weight is 166 g/mol. The van der Waals surface area contributed by atoms with Gasteiger partial charge in [0.05, 0.1) is 12.2 Å². The molecular formula is C9H14N2O. The third-order valence-corrected chi connectivity index (χ3v) is 2.35. The first kappa shape index (κ1) is 7.80.